The maximum Gasteiger partial charge on any atom is 0.592 e. The summed E-state index contributed by atoms with van der Waals surface area (Å²) in [6.07, 6.45) is 0. The first-order valence-corrected chi connectivity index (χ1v) is 5.74. The van der Waals surface area contributed by atoms with Crippen LogP contribution in [0.5, 0.6) is 0 Å². The zero-order chi connectivity index (χ0) is 11.8. The molecule has 0 atom stereocenters. The Bertz CT molecular complexity index is 450. The van der Waals surface area contributed by atoms with E-state index in [-0.39, 0.29) is 11.1 Å². The van der Waals surface area contributed by atoms with Gasteiger partial charge in [0.1, 0.15) is 0 Å². The van der Waals surface area contributed by atoms with Crippen LogP contribution in [-0.2, 0) is 18.1 Å². The van der Waals surface area contributed by atoms with Gasteiger partial charge >= 0.3 is 19.8 Å². The first-order valence-electron chi connectivity index (χ1n) is 4.28. The predicted octanol–water partition coefficient (Wildman–Crippen LogP) is 1.77. The van der Waals surface area contributed by atoms with Gasteiger partial charge in [0.05, 0.1) is 11.1 Å². The molecule has 0 amide bonds. The summed E-state index contributed by atoms with van der Waals surface area (Å²) in [4.78, 5) is 22.9. The Labute approximate surface area is 90.7 Å². The highest BCUT2D eigenvalue weighted by atomic mass is 31.2. The molecular formula is C9H7O6P. The highest BCUT2D eigenvalue weighted by Gasteiger charge is 2.36. The second kappa shape index (κ2) is 3.73. The largest absolute Gasteiger partial charge is 0.592 e. The molecule has 2 bridgehead atoms. The predicted molar refractivity (Wildman–Crippen MR) is 51.9 cm³/mol. The number of phosphoric ester groups is 1. The summed E-state index contributed by atoms with van der Waals surface area (Å²) in [7, 11) is -3.14. The van der Waals surface area contributed by atoms with Crippen molar-refractivity contribution in [2.75, 3.05) is 7.11 Å². The quantitative estimate of drug-likeness (QED) is 0.698. The fraction of sp³-hybridized carbons (Fsp3) is 0.111. The lowest BCUT2D eigenvalue weighted by molar-refractivity contribution is 0.0546. The molecule has 0 radical (unpaired) electrons. The molecule has 2 aliphatic rings. The first-order chi connectivity index (χ1) is 7.54. The van der Waals surface area contributed by atoms with Crippen LogP contribution < -0.4 is 0 Å². The van der Waals surface area contributed by atoms with Crippen molar-refractivity contribution < 1.29 is 27.7 Å². The molecule has 0 spiro atoms. The third-order valence-corrected chi connectivity index (χ3v) is 3.20. The van der Waals surface area contributed by atoms with Crippen LogP contribution in [0.1, 0.15) is 20.7 Å². The smallest absolute Gasteiger partial charge is 0.357 e. The maximum absolute atomic E-state index is 11.7. The average molecular weight is 242 g/mol. The van der Waals surface area contributed by atoms with Crippen molar-refractivity contribution in [1.82, 2.24) is 0 Å². The molecule has 1 aromatic carbocycles. The van der Waals surface area contributed by atoms with Crippen molar-refractivity contribution in [2.24, 2.45) is 0 Å². The van der Waals surface area contributed by atoms with Gasteiger partial charge in [-0.25, -0.2) is 14.2 Å². The molecule has 7 heteroatoms. The molecule has 1 aromatic rings. The lowest BCUT2D eigenvalue weighted by Gasteiger charge is -2.12. The van der Waals surface area contributed by atoms with Crippen LogP contribution in [-0.4, -0.2) is 19.0 Å². The van der Waals surface area contributed by atoms with Crippen LogP contribution in [0.2, 0.25) is 0 Å². The Kier molecular flexibility index (Phi) is 2.53. The molecule has 0 saturated carbocycles. The molecule has 84 valence electrons. The number of rotatable bonds is 1. The average Bonchev–Trinajstić information content (AvgIpc) is 2.34. The molecule has 2 aliphatic heterocycles. The van der Waals surface area contributed by atoms with E-state index in [0.29, 0.717) is 0 Å². The van der Waals surface area contributed by atoms with Gasteiger partial charge in [-0.15, -0.1) is 0 Å². The number of hydrogen-bond acceptors (Lipinski definition) is 6. The summed E-state index contributed by atoms with van der Waals surface area (Å²) in [5.41, 5.74) is 0.332. The normalized spacial score (nSPS) is 18.1. The lowest BCUT2D eigenvalue weighted by atomic mass is 10.1. The van der Waals surface area contributed by atoms with Crippen LogP contribution in [0, 0.1) is 0 Å². The number of hydrogen-bond donors (Lipinski definition) is 0. The third-order valence-electron chi connectivity index (χ3n) is 1.97. The lowest BCUT2D eigenvalue weighted by Crippen LogP contribution is -2.07. The molecule has 2 heterocycles. The minimum atomic E-state index is -4.16. The van der Waals surface area contributed by atoms with Gasteiger partial charge < -0.3 is 9.05 Å². The topological polar surface area (TPSA) is 78.9 Å². The van der Waals surface area contributed by atoms with Crippen LogP contribution in [0.4, 0.5) is 0 Å². The van der Waals surface area contributed by atoms with E-state index in [2.05, 4.69) is 13.6 Å². The second-order valence-electron chi connectivity index (χ2n) is 2.96. The van der Waals surface area contributed by atoms with Gasteiger partial charge in [0.2, 0.25) is 0 Å². The Hall–Kier alpha value is -1.65. The van der Waals surface area contributed by atoms with Crippen molar-refractivity contribution in [3.05, 3.63) is 35.4 Å². The molecule has 0 fully saturated rings. The van der Waals surface area contributed by atoms with Crippen LogP contribution >= 0.6 is 7.82 Å². The summed E-state index contributed by atoms with van der Waals surface area (Å²) < 4.78 is 25.1. The summed E-state index contributed by atoms with van der Waals surface area (Å²) >= 11 is 0. The van der Waals surface area contributed by atoms with Gasteiger partial charge in [-0.3, -0.25) is 4.52 Å². The van der Waals surface area contributed by atoms with Crippen molar-refractivity contribution in [3.63, 3.8) is 0 Å². The first kappa shape index (κ1) is 10.9. The molecule has 0 aromatic heterocycles. The van der Waals surface area contributed by atoms with Crippen molar-refractivity contribution in [3.8, 4) is 0 Å². The molecule has 0 aliphatic carbocycles. The fourth-order valence-electron chi connectivity index (χ4n) is 1.14. The molecule has 6 nitrogen and oxygen atoms in total. The molecule has 16 heavy (non-hydrogen) atoms. The van der Waals surface area contributed by atoms with E-state index in [1.54, 1.807) is 0 Å². The molecular weight excluding hydrogens is 235 g/mol. The van der Waals surface area contributed by atoms with E-state index in [4.69, 9.17) is 0 Å². The minimum Gasteiger partial charge on any atom is -0.357 e. The zero-order valence-electron chi connectivity index (χ0n) is 8.21. The molecule has 0 unspecified atom stereocenters. The van der Waals surface area contributed by atoms with Crippen molar-refractivity contribution >= 4 is 19.8 Å². The van der Waals surface area contributed by atoms with Crippen molar-refractivity contribution in [2.45, 2.75) is 0 Å². The Morgan fingerprint density at radius 2 is 1.38 bits per heavy atom. The number of carbonyl (C=O) groups is 2. The van der Waals surface area contributed by atoms with E-state index in [0.717, 1.165) is 7.11 Å². The van der Waals surface area contributed by atoms with Crippen LogP contribution in [0.3, 0.4) is 0 Å². The van der Waals surface area contributed by atoms with Gasteiger partial charge in [0, 0.05) is 7.11 Å². The SMILES string of the molecule is COP1(=O)OC(=O)c2ccc(cc2)C(=O)O1. The van der Waals surface area contributed by atoms with Gasteiger partial charge in [-0.05, 0) is 24.3 Å². The van der Waals surface area contributed by atoms with Gasteiger partial charge in [0.15, 0.2) is 0 Å². The minimum absolute atomic E-state index is 0.166. The van der Waals surface area contributed by atoms with E-state index < -0.39 is 19.8 Å². The van der Waals surface area contributed by atoms with E-state index in [1.807, 2.05) is 0 Å². The second-order valence-corrected chi connectivity index (χ2v) is 4.59. The van der Waals surface area contributed by atoms with E-state index >= 15 is 0 Å². The van der Waals surface area contributed by atoms with Crippen molar-refractivity contribution in [1.29, 1.82) is 0 Å². The van der Waals surface area contributed by atoms with E-state index in [9.17, 15) is 14.2 Å². The summed E-state index contributed by atoms with van der Waals surface area (Å²) in [5.74, 6) is -1.74. The fourth-order valence-corrected chi connectivity index (χ4v) is 1.95. The summed E-state index contributed by atoms with van der Waals surface area (Å²) in [6.45, 7) is 0. The summed E-state index contributed by atoms with van der Waals surface area (Å²) in [6, 6.07) is 5.52. The number of fused-ring (bicyclic) bond motifs is 6. The standard InChI is InChI=1S/C9H7O6P/c1-13-16(12)14-8(10)6-2-3-7(5-4-6)9(11)15-16/h2-5H,1H3. The third kappa shape index (κ3) is 1.85. The van der Waals surface area contributed by atoms with Gasteiger partial charge in [0.25, 0.3) is 0 Å². The molecule has 0 saturated heterocycles. The Morgan fingerprint density at radius 1 is 1.00 bits per heavy atom. The van der Waals surface area contributed by atoms with Gasteiger partial charge in [-0.1, -0.05) is 0 Å². The van der Waals surface area contributed by atoms with Gasteiger partial charge in [-0.2, -0.15) is 0 Å². The molecule has 3 rings (SSSR count). The Balaban J connectivity index is 2.50. The number of phosphoric acid groups is 1. The zero-order valence-corrected chi connectivity index (χ0v) is 9.10. The highest BCUT2D eigenvalue weighted by Crippen LogP contribution is 2.50. The monoisotopic (exact) mass is 242 g/mol. The number of carbonyl (C=O) groups excluding carboxylic acids is 2. The number of benzene rings is 1. The maximum atomic E-state index is 11.7. The Morgan fingerprint density at radius 3 is 1.69 bits per heavy atom. The van der Waals surface area contributed by atoms with Crippen LogP contribution in [0.25, 0.3) is 0 Å². The summed E-state index contributed by atoms with van der Waals surface area (Å²) in [5, 5.41) is 0. The van der Waals surface area contributed by atoms with Crippen LogP contribution in [0.15, 0.2) is 24.3 Å². The van der Waals surface area contributed by atoms with E-state index in [1.165, 1.54) is 24.3 Å². The highest BCUT2D eigenvalue weighted by molar-refractivity contribution is 7.49. The molecule has 0 N–H and O–H groups in total.